The van der Waals surface area contributed by atoms with Crippen LogP contribution in [0, 0.1) is 5.82 Å². The van der Waals surface area contributed by atoms with Crippen molar-refractivity contribution in [2.24, 2.45) is 0 Å². The van der Waals surface area contributed by atoms with Crippen LogP contribution in [-0.4, -0.2) is 17.0 Å². The Kier molecular flexibility index (Phi) is 5.25. The van der Waals surface area contributed by atoms with Gasteiger partial charge in [-0.3, -0.25) is 4.79 Å². The van der Waals surface area contributed by atoms with E-state index in [-0.39, 0.29) is 29.4 Å². The van der Waals surface area contributed by atoms with Crippen molar-refractivity contribution < 1.29 is 19.1 Å². The predicted molar refractivity (Wildman–Crippen MR) is 87.7 cm³/mol. The predicted octanol–water partition coefficient (Wildman–Crippen LogP) is 4.04. The summed E-state index contributed by atoms with van der Waals surface area (Å²) in [5.41, 5.74) is 1.24. The first kappa shape index (κ1) is 16.4. The Bertz CT molecular complexity index is 769. The van der Waals surface area contributed by atoms with Gasteiger partial charge in [0.25, 0.3) is 0 Å². The van der Waals surface area contributed by atoms with Gasteiger partial charge in [-0.2, -0.15) is 0 Å². The van der Waals surface area contributed by atoms with Crippen LogP contribution in [0.4, 0.5) is 10.1 Å². The van der Waals surface area contributed by atoms with E-state index < -0.39 is 5.97 Å². The standard InChI is InChI=1S/C18H16FNO3/c1-2-17(21)20-16-10-8-12(11-14(16)18(22)23)7-9-13-5-3-4-6-15(13)19/h3-11H,2H2,1H3,(H,20,21)(H,22,23). The lowest BCUT2D eigenvalue weighted by Crippen LogP contribution is -2.13. The van der Waals surface area contributed by atoms with Crippen LogP contribution in [0.3, 0.4) is 0 Å². The lowest BCUT2D eigenvalue weighted by atomic mass is 10.1. The van der Waals surface area contributed by atoms with Crippen LogP contribution >= 0.6 is 0 Å². The largest absolute Gasteiger partial charge is 0.478 e. The highest BCUT2D eigenvalue weighted by molar-refractivity contribution is 6.01. The monoisotopic (exact) mass is 313 g/mol. The number of carbonyl (C=O) groups excluding carboxylic acids is 1. The average Bonchev–Trinajstić information content (AvgIpc) is 2.54. The molecule has 0 fully saturated rings. The number of hydrogen-bond donors (Lipinski definition) is 2. The fraction of sp³-hybridized carbons (Fsp3) is 0.111. The summed E-state index contributed by atoms with van der Waals surface area (Å²) in [4.78, 5) is 22.8. The highest BCUT2D eigenvalue weighted by atomic mass is 19.1. The third-order valence-corrected chi connectivity index (χ3v) is 3.23. The molecule has 0 aliphatic rings. The molecule has 0 unspecified atom stereocenters. The Morgan fingerprint density at radius 2 is 1.91 bits per heavy atom. The van der Waals surface area contributed by atoms with Crippen LogP contribution < -0.4 is 5.32 Å². The van der Waals surface area contributed by atoms with Gasteiger partial charge in [0.15, 0.2) is 0 Å². The molecule has 2 rings (SSSR count). The molecule has 0 heterocycles. The number of rotatable bonds is 5. The van der Waals surface area contributed by atoms with Crippen LogP contribution in [-0.2, 0) is 4.79 Å². The van der Waals surface area contributed by atoms with Crippen LogP contribution in [0.15, 0.2) is 42.5 Å². The summed E-state index contributed by atoms with van der Waals surface area (Å²) >= 11 is 0. The lowest BCUT2D eigenvalue weighted by molar-refractivity contribution is -0.115. The Labute approximate surface area is 133 Å². The molecule has 2 N–H and O–H groups in total. The number of nitrogens with one attached hydrogen (secondary N) is 1. The zero-order valence-corrected chi connectivity index (χ0v) is 12.5. The molecule has 0 bridgehead atoms. The molecule has 0 spiro atoms. The van der Waals surface area contributed by atoms with E-state index in [1.807, 2.05) is 0 Å². The first-order valence-corrected chi connectivity index (χ1v) is 7.11. The molecule has 1 amide bonds. The van der Waals surface area contributed by atoms with E-state index in [1.165, 1.54) is 18.2 Å². The molecular formula is C18H16FNO3. The number of amides is 1. The van der Waals surface area contributed by atoms with Crippen LogP contribution in [0.5, 0.6) is 0 Å². The summed E-state index contributed by atoms with van der Waals surface area (Å²) in [5, 5.41) is 11.8. The van der Waals surface area contributed by atoms with E-state index in [4.69, 9.17) is 0 Å². The maximum absolute atomic E-state index is 13.6. The van der Waals surface area contributed by atoms with Gasteiger partial charge >= 0.3 is 5.97 Å². The average molecular weight is 313 g/mol. The molecule has 0 radical (unpaired) electrons. The Morgan fingerprint density at radius 3 is 2.57 bits per heavy atom. The molecular weight excluding hydrogens is 297 g/mol. The number of hydrogen-bond acceptors (Lipinski definition) is 2. The number of carboxylic acid groups (broad SMARTS) is 1. The van der Waals surface area contributed by atoms with E-state index >= 15 is 0 Å². The van der Waals surface area contributed by atoms with Crippen molar-refractivity contribution in [1.82, 2.24) is 0 Å². The molecule has 0 atom stereocenters. The van der Waals surface area contributed by atoms with Gasteiger partial charge in [0, 0.05) is 12.0 Å². The molecule has 2 aromatic carbocycles. The molecule has 0 aromatic heterocycles. The van der Waals surface area contributed by atoms with E-state index in [2.05, 4.69) is 5.32 Å². The van der Waals surface area contributed by atoms with E-state index in [0.29, 0.717) is 11.1 Å². The van der Waals surface area contributed by atoms with Crippen molar-refractivity contribution in [3.05, 3.63) is 65.0 Å². The Hall–Kier alpha value is -2.95. The molecule has 0 saturated carbocycles. The zero-order valence-electron chi connectivity index (χ0n) is 12.5. The second-order valence-electron chi connectivity index (χ2n) is 4.87. The van der Waals surface area contributed by atoms with Crippen LogP contribution in [0.25, 0.3) is 12.2 Å². The van der Waals surface area contributed by atoms with Crippen molar-refractivity contribution in [2.75, 3.05) is 5.32 Å². The van der Waals surface area contributed by atoms with E-state index in [9.17, 15) is 19.1 Å². The van der Waals surface area contributed by atoms with Gasteiger partial charge in [-0.25, -0.2) is 9.18 Å². The molecule has 2 aromatic rings. The molecule has 5 heteroatoms. The maximum atomic E-state index is 13.6. The number of halogens is 1. The summed E-state index contributed by atoms with van der Waals surface area (Å²) in [6.45, 7) is 1.68. The highest BCUT2D eigenvalue weighted by Gasteiger charge is 2.12. The lowest BCUT2D eigenvalue weighted by Gasteiger charge is -2.08. The summed E-state index contributed by atoms with van der Waals surface area (Å²) < 4.78 is 13.6. The molecule has 0 saturated heterocycles. The van der Waals surface area contributed by atoms with Gasteiger partial charge < -0.3 is 10.4 Å². The van der Waals surface area contributed by atoms with Crippen LogP contribution in [0.2, 0.25) is 0 Å². The van der Waals surface area contributed by atoms with Gasteiger partial charge in [-0.15, -0.1) is 0 Å². The minimum atomic E-state index is -1.14. The number of benzene rings is 2. The quantitative estimate of drug-likeness (QED) is 0.819. The molecule has 0 aliphatic heterocycles. The molecule has 118 valence electrons. The number of carboxylic acids is 1. The van der Waals surface area contributed by atoms with Gasteiger partial charge in [0.2, 0.25) is 5.91 Å². The highest BCUT2D eigenvalue weighted by Crippen LogP contribution is 2.20. The molecule has 0 aliphatic carbocycles. The van der Waals surface area contributed by atoms with Crippen molar-refractivity contribution in [3.8, 4) is 0 Å². The minimum absolute atomic E-state index is 0.0116. The fourth-order valence-corrected chi connectivity index (χ4v) is 1.99. The number of carbonyl (C=O) groups is 2. The second-order valence-corrected chi connectivity index (χ2v) is 4.87. The SMILES string of the molecule is CCC(=O)Nc1ccc(C=Cc2ccccc2F)cc1C(=O)O. The van der Waals surface area contributed by atoms with Crippen molar-refractivity contribution >= 4 is 29.7 Å². The van der Waals surface area contributed by atoms with Crippen molar-refractivity contribution in [1.29, 1.82) is 0 Å². The second kappa shape index (κ2) is 7.35. The Balaban J connectivity index is 2.31. The van der Waals surface area contributed by atoms with Gasteiger partial charge in [0.1, 0.15) is 5.82 Å². The fourth-order valence-electron chi connectivity index (χ4n) is 1.99. The third kappa shape index (κ3) is 4.26. The van der Waals surface area contributed by atoms with Crippen molar-refractivity contribution in [3.63, 3.8) is 0 Å². The normalized spacial score (nSPS) is 10.7. The number of aromatic carboxylic acids is 1. The third-order valence-electron chi connectivity index (χ3n) is 3.23. The Morgan fingerprint density at radius 1 is 1.17 bits per heavy atom. The first-order chi connectivity index (χ1) is 11.0. The number of anilines is 1. The van der Waals surface area contributed by atoms with Crippen LogP contribution in [0.1, 0.15) is 34.8 Å². The minimum Gasteiger partial charge on any atom is -0.478 e. The molecule has 23 heavy (non-hydrogen) atoms. The van der Waals surface area contributed by atoms with E-state index in [1.54, 1.807) is 43.3 Å². The van der Waals surface area contributed by atoms with E-state index in [0.717, 1.165) is 0 Å². The zero-order chi connectivity index (χ0) is 16.8. The van der Waals surface area contributed by atoms with Crippen molar-refractivity contribution in [2.45, 2.75) is 13.3 Å². The maximum Gasteiger partial charge on any atom is 0.337 e. The van der Waals surface area contributed by atoms with Gasteiger partial charge in [-0.05, 0) is 23.8 Å². The summed E-state index contributed by atoms with van der Waals surface area (Å²) in [7, 11) is 0. The van der Waals surface area contributed by atoms with Gasteiger partial charge in [-0.1, -0.05) is 43.3 Å². The smallest absolute Gasteiger partial charge is 0.337 e. The first-order valence-electron chi connectivity index (χ1n) is 7.11. The summed E-state index contributed by atoms with van der Waals surface area (Å²) in [6, 6.07) is 10.9. The molecule has 4 nitrogen and oxygen atoms in total. The summed E-state index contributed by atoms with van der Waals surface area (Å²) in [6.07, 6.45) is 3.45. The van der Waals surface area contributed by atoms with Gasteiger partial charge in [0.05, 0.1) is 11.3 Å². The summed E-state index contributed by atoms with van der Waals surface area (Å²) in [5.74, 6) is -1.76. The topological polar surface area (TPSA) is 66.4 Å².